The monoisotopic (exact) mass is 558 g/mol. The van der Waals surface area contributed by atoms with E-state index >= 15 is 0 Å². The second kappa shape index (κ2) is 10.9. The second-order valence-electron chi connectivity index (χ2n) is 5.14. The molecule has 0 amide bonds. The Morgan fingerprint density at radius 3 is 2.20 bits per heavy atom. The first kappa shape index (κ1) is 21.2. The summed E-state index contributed by atoms with van der Waals surface area (Å²) in [4.78, 5) is 9.91. The Labute approximate surface area is 171 Å². The van der Waals surface area contributed by atoms with Crippen molar-refractivity contribution in [2.45, 2.75) is 13.3 Å². The molecule has 0 atom stereocenters. The van der Waals surface area contributed by atoms with Crippen molar-refractivity contribution in [1.82, 2.24) is 0 Å². The zero-order valence-corrected chi connectivity index (χ0v) is 18.0. The summed E-state index contributed by atoms with van der Waals surface area (Å²) in [6, 6.07) is 21.6. The van der Waals surface area contributed by atoms with Gasteiger partial charge in [0.05, 0.1) is 12.0 Å². The van der Waals surface area contributed by atoms with Gasteiger partial charge in [0.25, 0.3) is 0 Å². The number of hydrogen-bond donors (Lipinski definition) is 1. The van der Waals surface area contributed by atoms with Gasteiger partial charge < -0.3 is 9.90 Å². The van der Waals surface area contributed by atoms with Crippen LogP contribution in [0.3, 0.4) is 0 Å². The molecule has 25 heavy (non-hydrogen) atoms. The molecule has 0 aliphatic heterocycles. The average molecular weight is 558 g/mol. The fourth-order valence-electron chi connectivity index (χ4n) is 2.13. The van der Waals surface area contributed by atoms with E-state index in [2.05, 4.69) is 6.07 Å². The Bertz CT molecular complexity index is 787. The van der Waals surface area contributed by atoms with E-state index in [0.29, 0.717) is 5.56 Å². The maximum atomic E-state index is 13.3. The third-order valence-corrected chi connectivity index (χ3v) is 3.40. The van der Waals surface area contributed by atoms with Gasteiger partial charge in [-0.1, -0.05) is 25.1 Å². The molecule has 0 spiro atoms. The molecule has 0 aliphatic rings. The third-order valence-electron chi connectivity index (χ3n) is 3.40. The van der Waals surface area contributed by atoms with Crippen LogP contribution in [0.2, 0.25) is 0 Å². The summed E-state index contributed by atoms with van der Waals surface area (Å²) in [7, 11) is 0. The van der Waals surface area contributed by atoms with E-state index in [-0.39, 0.29) is 42.7 Å². The van der Waals surface area contributed by atoms with Crippen LogP contribution in [0, 0.1) is 43.0 Å². The van der Waals surface area contributed by atoms with Crippen molar-refractivity contribution in [3.05, 3.63) is 89.7 Å². The molecule has 3 rings (SSSR count). The molecule has 0 saturated carbocycles. The van der Waals surface area contributed by atoms with Crippen LogP contribution in [0.15, 0.2) is 66.7 Å². The Balaban J connectivity index is 0.000000270. The van der Waals surface area contributed by atoms with Gasteiger partial charge in [-0.3, -0.25) is 0 Å². The summed E-state index contributed by atoms with van der Waals surface area (Å²) in [5.74, 6) is -0.00816. The zero-order chi connectivity index (χ0) is 17.4. The quantitative estimate of drug-likeness (QED) is 0.474. The van der Waals surface area contributed by atoms with Crippen LogP contribution in [0.4, 0.5) is 4.39 Å². The largest absolute Gasteiger partial charge is 2.00 e. The molecule has 0 fully saturated rings. The number of aryl methyl sites for hydroxylation is 1. The molecule has 2 nitrogen and oxygen atoms in total. The smallest absolute Gasteiger partial charge is 0.510 e. The number of rotatable bonds is 3. The first-order valence-electron chi connectivity index (χ1n) is 7.55. The Hall–Kier alpha value is -1.89. The summed E-state index contributed by atoms with van der Waals surface area (Å²) >= 11 is 0. The van der Waals surface area contributed by atoms with Crippen molar-refractivity contribution in [2.24, 2.45) is 0 Å². The van der Waals surface area contributed by atoms with Gasteiger partial charge in [0, 0.05) is 0 Å². The van der Waals surface area contributed by atoms with E-state index in [1.165, 1.54) is 24.3 Å². The van der Waals surface area contributed by atoms with Crippen LogP contribution in [-0.4, -0.2) is 11.4 Å². The van der Waals surface area contributed by atoms with Crippen molar-refractivity contribution in [1.29, 1.82) is 0 Å². The average Bonchev–Trinajstić information content (AvgIpc) is 2.63. The standard InChI is InChI=1S/C14H12F.C7H5O2.U/c1-2-11-8-13(10-14(15)9-11)12-6-4-3-5-7-12;8-5-6-1-3-7(9)4-2-6;/h4-10H,2H2,1H3;1-4,9H;/q2*-1;+2. The molecule has 0 aliphatic carbocycles. The number of halogens is 1. The van der Waals surface area contributed by atoms with Gasteiger partial charge in [-0.15, -0.1) is 5.56 Å². The molecule has 0 radical (unpaired) electrons. The van der Waals surface area contributed by atoms with Crippen LogP contribution in [0.25, 0.3) is 11.1 Å². The number of phenols is 1. The Morgan fingerprint density at radius 2 is 1.64 bits per heavy atom. The van der Waals surface area contributed by atoms with Crippen molar-refractivity contribution in [2.75, 3.05) is 0 Å². The maximum absolute atomic E-state index is 13.3. The van der Waals surface area contributed by atoms with Gasteiger partial charge in [0.1, 0.15) is 5.82 Å². The molecule has 3 aromatic carbocycles. The second-order valence-corrected chi connectivity index (χ2v) is 5.14. The SMILES string of the molecule is CCc1cc(F)cc(-c2cc[c-]cc2)c1.O=[C-]c1ccc(O)cc1.[U+2]. The summed E-state index contributed by atoms with van der Waals surface area (Å²) in [5, 5.41) is 8.72. The predicted molar refractivity (Wildman–Crippen MR) is 93.0 cm³/mol. The summed E-state index contributed by atoms with van der Waals surface area (Å²) < 4.78 is 13.3. The van der Waals surface area contributed by atoms with E-state index in [0.717, 1.165) is 23.1 Å². The van der Waals surface area contributed by atoms with Gasteiger partial charge in [-0.2, -0.15) is 48.0 Å². The molecular formula is C21H17FO2U. The van der Waals surface area contributed by atoms with Crippen molar-refractivity contribution in [3.8, 4) is 16.9 Å². The zero-order valence-electron chi connectivity index (χ0n) is 13.8. The number of benzene rings is 3. The molecule has 0 heterocycles. The molecular weight excluding hydrogens is 541 g/mol. The molecule has 124 valence electrons. The minimum atomic E-state index is -0.169. The summed E-state index contributed by atoms with van der Waals surface area (Å²) in [6.07, 6.45) is 2.54. The summed E-state index contributed by atoms with van der Waals surface area (Å²) in [5.41, 5.74) is 3.44. The van der Waals surface area contributed by atoms with Gasteiger partial charge in [-0.05, 0) is 29.7 Å². The van der Waals surface area contributed by atoms with Crippen LogP contribution in [0.1, 0.15) is 18.1 Å². The summed E-state index contributed by atoms with van der Waals surface area (Å²) in [6.45, 7) is 2.03. The molecule has 1 N–H and O–H groups in total. The van der Waals surface area contributed by atoms with Gasteiger partial charge >= 0.3 is 31.1 Å². The molecule has 0 bridgehead atoms. The van der Waals surface area contributed by atoms with Gasteiger partial charge in [-0.25, -0.2) is 4.39 Å². The topological polar surface area (TPSA) is 37.3 Å². The van der Waals surface area contributed by atoms with E-state index in [1.807, 2.05) is 37.3 Å². The first-order valence-corrected chi connectivity index (χ1v) is 7.55. The van der Waals surface area contributed by atoms with Gasteiger partial charge in [0.2, 0.25) is 0 Å². The first-order chi connectivity index (χ1) is 11.6. The fraction of sp³-hybridized carbons (Fsp3) is 0.0952. The van der Waals surface area contributed by atoms with Gasteiger partial charge in [0.15, 0.2) is 0 Å². The normalized spacial score (nSPS) is 9.36. The molecule has 0 aromatic heterocycles. The Kier molecular flexibility index (Phi) is 9.20. The van der Waals surface area contributed by atoms with E-state index in [9.17, 15) is 9.18 Å². The van der Waals surface area contributed by atoms with Crippen molar-refractivity contribution in [3.63, 3.8) is 0 Å². The van der Waals surface area contributed by atoms with Crippen LogP contribution in [-0.2, 0) is 11.2 Å². The number of hydrogen-bond acceptors (Lipinski definition) is 2. The fourth-order valence-corrected chi connectivity index (χ4v) is 2.13. The molecule has 0 unspecified atom stereocenters. The molecule has 3 aromatic rings. The minimum Gasteiger partial charge on any atom is -0.510 e. The molecule has 4 heteroatoms. The van der Waals surface area contributed by atoms with E-state index < -0.39 is 0 Å². The van der Waals surface area contributed by atoms with E-state index in [4.69, 9.17) is 5.11 Å². The third kappa shape index (κ3) is 6.86. The maximum Gasteiger partial charge on any atom is 2.00 e. The Morgan fingerprint density at radius 1 is 1.00 bits per heavy atom. The number of phenolic OH excluding ortho intramolecular Hbond substituents is 1. The van der Waals surface area contributed by atoms with Crippen LogP contribution >= 0.6 is 0 Å². The number of aromatic hydroxyl groups is 1. The van der Waals surface area contributed by atoms with Crippen LogP contribution < -0.4 is 0 Å². The van der Waals surface area contributed by atoms with Crippen molar-refractivity contribution >= 4 is 6.29 Å². The number of carbonyl (C=O) groups excluding carboxylic acids is 1. The van der Waals surface area contributed by atoms with Crippen LogP contribution in [0.5, 0.6) is 5.75 Å². The predicted octanol–water partition coefficient (Wildman–Crippen LogP) is 4.71. The van der Waals surface area contributed by atoms with E-state index in [1.54, 1.807) is 18.4 Å². The minimum absolute atomic E-state index is 0. The molecule has 0 saturated heterocycles. The van der Waals surface area contributed by atoms with Crippen molar-refractivity contribution < 1.29 is 45.4 Å².